The van der Waals surface area contributed by atoms with Gasteiger partial charge in [-0.3, -0.25) is 9.69 Å². The van der Waals surface area contributed by atoms with E-state index in [2.05, 4.69) is 18.7 Å². The maximum atomic E-state index is 12.4. The number of benzene rings is 1. The van der Waals surface area contributed by atoms with Gasteiger partial charge in [0.2, 0.25) is 0 Å². The third kappa shape index (κ3) is 2.64. The number of rotatable bonds is 2. The second-order valence-corrected chi connectivity index (χ2v) is 6.80. The average Bonchev–Trinajstić information content (AvgIpc) is 2.41. The quantitative estimate of drug-likeness (QED) is 0.822. The molecule has 2 unspecified atom stereocenters. The molecule has 3 rings (SSSR count). The molecule has 4 heteroatoms. The van der Waals surface area contributed by atoms with Gasteiger partial charge in [0.25, 0.3) is 0 Å². The van der Waals surface area contributed by atoms with E-state index in [1.165, 1.54) is 0 Å². The normalized spacial score (nSPS) is 25.8. The Bertz CT molecular complexity index is 567. The summed E-state index contributed by atoms with van der Waals surface area (Å²) in [7, 11) is 0. The summed E-state index contributed by atoms with van der Waals surface area (Å²) in [6.45, 7) is 6.06. The first-order chi connectivity index (χ1) is 9.95. The molecule has 2 N–H and O–H groups in total. The van der Waals surface area contributed by atoms with Gasteiger partial charge in [0.05, 0.1) is 0 Å². The topological polar surface area (TPSA) is 60.8 Å². The number of hydrogen-bond acceptors (Lipinski definition) is 4. The van der Waals surface area contributed by atoms with Gasteiger partial charge >= 0.3 is 0 Å². The van der Waals surface area contributed by atoms with Gasteiger partial charge in [0.1, 0.15) is 5.78 Å². The van der Waals surface area contributed by atoms with Crippen LogP contribution in [0.1, 0.15) is 43.9 Å². The fourth-order valence-corrected chi connectivity index (χ4v) is 3.75. The summed E-state index contributed by atoms with van der Waals surface area (Å²) in [5.41, 5.74) is 2.06. The van der Waals surface area contributed by atoms with Crippen molar-refractivity contribution in [1.82, 2.24) is 4.90 Å². The van der Waals surface area contributed by atoms with Gasteiger partial charge in [-0.25, -0.2) is 0 Å². The average molecular weight is 289 g/mol. The lowest BCUT2D eigenvalue weighted by Crippen LogP contribution is -2.46. The molecule has 4 nitrogen and oxygen atoms in total. The van der Waals surface area contributed by atoms with Crippen LogP contribution in [0.4, 0.5) is 0 Å². The molecule has 1 saturated heterocycles. The molecule has 1 aromatic carbocycles. The predicted molar refractivity (Wildman–Crippen MR) is 80.4 cm³/mol. The smallest absolute Gasteiger partial charge is 0.157 e. The first-order valence-corrected chi connectivity index (χ1v) is 7.77. The van der Waals surface area contributed by atoms with E-state index in [0.717, 1.165) is 37.1 Å². The molecule has 1 aromatic rings. The van der Waals surface area contributed by atoms with Gasteiger partial charge < -0.3 is 10.2 Å². The fraction of sp³-hybridized carbons (Fsp3) is 0.588. The van der Waals surface area contributed by atoms with Gasteiger partial charge in [-0.05, 0) is 42.0 Å². The highest BCUT2D eigenvalue weighted by atomic mass is 16.3. The number of ketones is 1. The van der Waals surface area contributed by atoms with Gasteiger partial charge in [0.15, 0.2) is 11.5 Å². The molecule has 0 bridgehead atoms. The second kappa shape index (κ2) is 5.34. The first kappa shape index (κ1) is 14.4. The minimum atomic E-state index is -0.0904. The third-order valence-corrected chi connectivity index (χ3v) is 4.77. The summed E-state index contributed by atoms with van der Waals surface area (Å²) in [6, 6.07) is 3.35. The van der Waals surface area contributed by atoms with Crippen LogP contribution in [0.15, 0.2) is 12.1 Å². The van der Waals surface area contributed by atoms with Crippen LogP contribution < -0.4 is 0 Å². The number of aromatic hydroxyl groups is 2. The highest BCUT2D eigenvalue weighted by Gasteiger charge is 2.38. The summed E-state index contributed by atoms with van der Waals surface area (Å²) >= 11 is 0. The van der Waals surface area contributed by atoms with E-state index in [1.807, 2.05) is 0 Å². The van der Waals surface area contributed by atoms with Crippen LogP contribution in [-0.4, -0.2) is 34.0 Å². The SMILES string of the molecule is CC(C)CC1CN2CCc3cc(O)c(O)cc3C2CC1=O. The number of piperidine rings is 1. The molecular formula is C17H23NO3. The number of Topliss-reactive ketones (excluding diaryl/α,β-unsaturated/α-hetero) is 1. The lowest BCUT2D eigenvalue weighted by Gasteiger charge is -2.43. The van der Waals surface area contributed by atoms with Crippen molar-refractivity contribution in [2.45, 2.75) is 39.2 Å². The zero-order chi connectivity index (χ0) is 15.1. The minimum absolute atomic E-state index is 0.0659. The highest BCUT2D eigenvalue weighted by molar-refractivity contribution is 5.83. The largest absolute Gasteiger partial charge is 0.504 e. The number of nitrogens with zero attached hydrogens (tertiary/aromatic N) is 1. The van der Waals surface area contributed by atoms with Crippen LogP contribution in [0, 0.1) is 11.8 Å². The van der Waals surface area contributed by atoms with E-state index >= 15 is 0 Å². The predicted octanol–water partition coefficient (Wildman–Crippen LogP) is 2.63. The Balaban J connectivity index is 1.87. The number of fused-ring (bicyclic) bond motifs is 3. The Morgan fingerprint density at radius 1 is 1.29 bits per heavy atom. The van der Waals surface area contributed by atoms with Crippen molar-refractivity contribution in [2.24, 2.45) is 11.8 Å². The van der Waals surface area contributed by atoms with Crippen molar-refractivity contribution in [2.75, 3.05) is 13.1 Å². The van der Waals surface area contributed by atoms with Gasteiger partial charge in [-0.1, -0.05) is 13.8 Å². The van der Waals surface area contributed by atoms with E-state index in [1.54, 1.807) is 12.1 Å². The first-order valence-electron chi connectivity index (χ1n) is 7.77. The maximum absolute atomic E-state index is 12.4. The highest BCUT2D eigenvalue weighted by Crippen LogP contribution is 2.41. The van der Waals surface area contributed by atoms with E-state index in [4.69, 9.17) is 0 Å². The molecule has 0 amide bonds. The molecule has 0 aromatic heterocycles. The number of carbonyl (C=O) groups excluding carboxylic acids is 1. The Labute approximate surface area is 125 Å². The number of carbonyl (C=O) groups is 1. The van der Waals surface area contributed by atoms with Crippen LogP contribution in [0.25, 0.3) is 0 Å². The van der Waals surface area contributed by atoms with Gasteiger partial charge in [-0.2, -0.15) is 0 Å². The Kier molecular flexibility index (Phi) is 3.66. The molecule has 0 spiro atoms. The van der Waals surface area contributed by atoms with E-state index in [9.17, 15) is 15.0 Å². The molecule has 0 aliphatic carbocycles. The Morgan fingerprint density at radius 3 is 2.71 bits per heavy atom. The summed E-state index contributed by atoms with van der Waals surface area (Å²) in [5.74, 6) is 0.863. The van der Waals surface area contributed by atoms with Crippen molar-refractivity contribution < 1.29 is 15.0 Å². The maximum Gasteiger partial charge on any atom is 0.157 e. The summed E-state index contributed by atoms with van der Waals surface area (Å²) in [5, 5.41) is 19.4. The van der Waals surface area contributed by atoms with Gasteiger partial charge in [-0.15, -0.1) is 0 Å². The molecule has 2 atom stereocenters. The fourth-order valence-electron chi connectivity index (χ4n) is 3.75. The molecule has 2 heterocycles. The standard InChI is InChI=1S/C17H23NO3/c1-10(2)5-12-9-18-4-3-11-6-16(20)17(21)7-13(11)14(18)8-15(12)19/h6-7,10,12,14,20-21H,3-5,8-9H2,1-2H3. The van der Waals surface area contributed by atoms with Crippen molar-refractivity contribution in [3.63, 3.8) is 0 Å². The van der Waals surface area contributed by atoms with Gasteiger partial charge in [0, 0.05) is 31.5 Å². The third-order valence-electron chi connectivity index (χ3n) is 4.77. The Hall–Kier alpha value is -1.55. The van der Waals surface area contributed by atoms with Crippen molar-refractivity contribution >= 4 is 5.78 Å². The number of phenolic OH excluding ortho intramolecular Hbond substituents is 2. The summed E-state index contributed by atoms with van der Waals surface area (Å²) in [6.07, 6.45) is 2.34. The Morgan fingerprint density at radius 2 is 2.00 bits per heavy atom. The molecular weight excluding hydrogens is 266 g/mol. The zero-order valence-electron chi connectivity index (χ0n) is 12.7. The van der Waals surface area contributed by atoms with Crippen LogP contribution in [0.5, 0.6) is 11.5 Å². The lowest BCUT2D eigenvalue weighted by atomic mass is 9.80. The molecule has 21 heavy (non-hydrogen) atoms. The minimum Gasteiger partial charge on any atom is -0.504 e. The van der Waals surface area contributed by atoms with Crippen molar-refractivity contribution in [3.8, 4) is 11.5 Å². The summed E-state index contributed by atoms with van der Waals surface area (Å²) < 4.78 is 0. The van der Waals surface area contributed by atoms with Crippen molar-refractivity contribution in [3.05, 3.63) is 23.3 Å². The van der Waals surface area contributed by atoms with E-state index in [-0.39, 0.29) is 23.5 Å². The van der Waals surface area contributed by atoms with Crippen LogP contribution >= 0.6 is 0 Å². The second-order valence-electron chi connectivity index (χ2n) is 6.80. The van der Waals surface area contributed by atoms with Crippen LogP contribution in [-0.2, 0) is 11.2 Å². The number of phenols is 2. The van der Waals surface area contributed by atoms with E-state index in [0.29, 0.717) is 18.1 Å². The van der Waals surface area contributed by atoms with Crippen LogP contribution in [0.2, 0.25) is 0 Å². The lowest BCUT2D eigenvalue weighted by molar-refractivity contribution is -0.129. The molecule has 1 fully saturated rings. The monoisotopic (exact) mass is 289 g/mol. The summed E-state index contributed by atoms with van der Waals surface area (Å²) in [4.78, 5) is 14.8. The molecule has 0 saturated carbocycles. The van der Waals surface area contributed by atoms with E-state index < -0.39 is 0 Å². The van der Waals surface area contributed by atoms with Crippen molar-refractivity contribution in [1.29, 1.82) is 0 Å². The molecule has 114 valence electrons. The molecule has 0 radical (unpaired) electrons. The molecule has 2 aliphatic rings. The van der Waals surface area contributed by atoms with Crippen LogP contribution in [0.3, 0.4) is 0 Å². The molecule has 2 aliphatic heterocycles. The zero-order valence-corrected chi connectivity index (χ0v) is 12.7. The number of hydrogen-bond donors (Lipinski definition) is 2.